The van der Waals surface area contributed by atoms with E-state index in [4.69, 9.17) is 11.6 Å². The summed E-state index contributed by atoms with van der Waals surface area (Å²) in [6, 6.07) is 4.08. The Bertz CT molecular complexity index is 951. The average Bonchev–Trinajstić information content (AvgIpc) is 3.51. The minimum absolute atomic E-state index is 0.0351. The van der Waals surface area contributed by atoms with Gasteiger partial charge < -0.3 is 15.4 Å². The van der Waals surface area contributed by atoms with Crippen LogP contribution < -0.4 is 15.4 Å². The summed E-state index contributed by atoms with van der Waals surface area (Å²) in [6.07, 6.45) is -0.194. The first kappa shape index (κ1) is 21.8. The van der Waals surface area contributed by atoms with E-state index in [0.717, 1.165) is 19.0 Å². The lowest BCUT2D eigenvalue weighted by molar-refractivity contribution is -0.154. The standard InChI is InChI=1S/C19H18ClF3N4O3/c1-10(12-4-5-24-15(7-12)27-16(28)11-2-3-11)26-17(29)13-6-14(20)18(25-8-13)30-9-19(21,22)23/h4-8,10-11H,2-3,9H2,1H3,(H,26,29)(H,24,27,28). The third kappa shape index (κ3) is 6.06. The second-order valence-corrected chi connectivity index (χ2v) is 7.26. The molecule has 7 nitrogen and oxygen atoms in total. The molecule has 160 valence electrons. The molecule has 1 atom stereocenters. The Morgan fingerprint density at radius 2 is 2.03 bits per heavy atom. The van der Waals surface area contributed by atoms with Crippen molar-refractivity contribution in [3.05, 3.63) is 46.7 Å². The molecule has 1 saturated carbocycles. The zero-order valence-electron chi connectivity index (χ0n) is 15.8. The van der Waals surface area contributed by atoms with Gasteiger partial charge in [0, 0.05) is 18.3 Å². The lowest BCUT2D eigenvalue weighted by Crippen LogP contribution is -2.27. The zero-order valence-corrected chi connectivity index (χ0v) is 16.5. The van der Waals surface area contributed by atoms with Crippen LogP contribution in [0.5, 0.6) is 5.88 Å². The van der Waals surface area contributed by atoms with E-state index >= 15 is 0 Å². The highest BCUT2D eigenvalue weighted by Gasteiger charge is 2.30. The molecule has 2 aromatic rings. The van der Waals surface area contributed by atoms with Crippen molar-refractivity contribution in [1.29, 1.82) is 0 Å². The maximum Gasteiger partial charge on any atom is 0.422 e. The van der Waals surface area contributed by atoms with Gasteiger partial charge in [0.15, 0.2) is 6.61 Å². The van der Waals surface area contributed by atoms with E-state index in [1.54, 1.807) is 19.1 Å². The number of halogens is 4. The molecule has 11 heteroatoms. The number of ether oxygens (including phenoxy) is 1. The molecule has 0 aromatic carbocycles. The van der Waals surface area contributed by atoms with Crippen LogP contribution in [0.3, 0.4) is 0 Å². The van der Waals surface area contributed by atoms with Gasteiger partial charge in [0.05, 0.1) is 11.6 Å². The van der Waals surface area contributed by atoms with Gasteiger partial charge in [-0.1, -0.05) is 11.6 Å². The summed E-state index contributed by atoms with van der Waals surface area (Å²) in [5.41, 5.74) is 0.760. The first-order valence-corrected chi connectivity index (χ1v) is 9.43. The largest absolute Gasteiger partial charge is 0.467 e. The summed E-state index contributed by atoms with van der Waals surface area (Å²) in [5, 5.41) is 5.25. The number of pyridine rings is 2. The normalized spacial score (nSPS) is 14.7. The Labute approximate surface area is 175 Å². The van der Waals surface area contributed by atoms with Gasteiger partial charge in [-0.05, 0) is 43.5 Å². The van der Waals surface area contributed by atoms with Gasteiger partial charge in [-0.3, -0.25) is 9.59 Å². The number of amides is 2. The smallest absolute Gasteiger partial charge is 0.422 e. The highest BCUT2D eigenvalue weighted by Crippen LogP contribution is 2.30. The molecule has 0 saturated heterocycles. The molecule has 0 spiro atoms. The minimum Gasteiger partial charge on any atom is -0.467 e. The summed E-state index contributed by atoms with van der Waals surface area (Å²) in [4.78, 5) is 32.1. The zero-order chi connectivity index (χ0) is 21.9. The monoisotopic (exact) mass is 442 g/mol. The number of nitrogens with zero attached hydrogens (tertiary/aromatic N) is 2. The summed E-state index contributed by atoms with van der Waals surface area (Å²) in [5.74, 6) is -0.595. The third-order valence-corrected chi connectivity index (χ3v) is 4.54. The van der Waals surface area contributed by atoms with Crippen LogP contribution in [-0.2, 0) is 4.79 Å². The maximum absolute atomic E-state index is 12.5. The summed E-state index contributed by atoms with van der Waals surface area (Å²) >= 11 is 5.87. The lowest BCUT2D eigenvalue weighted by Gasteiger charge is -2.16. The van der Waals surface area contributed by atoms with Gasteiger partial charge in [0.25, 0.3) is 5.91 Å². The van der Waals surface area contributed by atoms with E-state index in [0.29, 0.717) is 11.4 Å². The van der Waals surface area contributed by atoms with E-state index in [9.17, 15) is 22.8 Å². The number of anilines is 1. The predicted octanol–water partition coefficient (Wildman–Crippen LogP) is 3.91. The third-order valence-electron chi connectivity index (χ3n) is 4.27. The van der Waals surface area contributed by atoms with Gasteiger partial charge >= 0.3 is 6.18 Å². The van der Waals surface area contributed by atoms with Crippen LogP contribution in [0.25, 0.3) is 0 Å². The van der Waals surface area contributed by atoms with Crippen LogP contribution >= 0.6 is 11.6 Å². The van der Waals surface area contributed by atoms with E-state index in [1.807, 2.05) is 0 Å². The first-order valence-electron chi connectivity index (χ1n) is 9.05. The van der Waals surface area contributed by atoms with Gasteiger partial charge in [-0.2, -0.15) is 13.2 Å². The molecular weight excluding hydrogens is 425 g/mol. The molecular formula is C19H18ClF3N4O3. The number of carbonyl (C=O) groups excluding carboxylic acids is 2. The summed E-state index contributed by atoms with van der Waals surface area (Å²) < 4.78 is 41.2. The fourth-order valence-corrected chi connectivity index (χ4v) is 2.75. The number of hydrogen-bond acceptors (Lipinski definition) is 5. The highest BCUT2D eigenvalue weighted by molar-refractivity contribution is 6.32. The quantitative estimate of drug-likeness (QED) is 0.678. The molecule has 0 bridgehead atoms. The van der Waals surface area contributed by atoms with Gasteiger partial charge in [0.1, 0.15) is 10.8 Å². The summed E-state index contributed by atoms with van der Waals surface area (Å²) in [6.45, 7) is 0.194. The van der Waals surface area contributed by atoms with E-state index in [2.05, 4.69) is 25.3 Å². The van der Waals surface area contributed by atoms with Crippen molar-refractivity contribution in [2.75, 3.05) is 11.9 Å². The second kappa shape index (κ2) is 8.86. The molecule has 1 aliphatic carbocycles. The van der Waals surface area contributed by atoms with Crippen LogP contribution in [-0.4, -0.2) is 34.6 Å². The van der Waals surface area contributed by atoms with Crippen molar-refractivity contribution >= 4 is 29.2 Å². The van der Waals surface area contributed by atoms with Gasteiger partial charge in [-0.25, -0.2) is 9.97 Å². The Kier molecular flexibility index (Phi) is 6.45. The van der Waals surface area contributed by atoms with Crippen LogP contribution in [0.1, 0.15) is 41.7 Å². The Morgan fingerprint density at radius 3 is 2.67 bits per heavy atom. The van der Waals surface area contributed by atoms with E-state index in [1.165, 1.54) is 12.3 Å². The topological polar surface area (TPSA) is 93.2 Å². The highest BCUT2D eigenvalue weighted by atomic mass is 35.5. The van der Waals surface area contributed by atoms with Crippen molar-refractivity contribution in [2.45, 2.75) is 32.0 Å². The van der Waals surface area contributed by atoms with Crippen LogP contribution in [0.15, 0.2) is 30.6 Å². The fraction of sp³-hybridized carbons (Fsp3) is 0.368. The number of hydrogen-bond donors (Lipinski definition) is 2. The molecule has 1 fully saturated rings. The van der Waals surface area contributed by atoms with Crippen LogP contribution in [0.4, 0.5) is 19.0 Å². The molecule has 2 N–H and O–H groups in total. The molecule has 1 aliphatic rings. The minimum atomic E-state index is -4.53. The van der Waals surface area contributed by atoms with Gasteiger partial charge in [0.2, 0.25) is 11.8 Å². The number of aromatic nitrogens is 2. The van der Waals surface area contributed by atoms with Crippen molar-refractivity contribution in [3.63, 3.8) is 0 Å². The first-order chi connectivity index (χ1) is 14.1. The molecule has 30 heavy (non-hydrogen) atoms. The maximum atomic E-state index is 12.5. The van der Waals surface area contributed by atoms with Crippen molar-refractivity contribution in [2.24, 2.45) is 5.92 Å². The van der Waals surface area contributed by atoms with Gasteiger partial charge in [-0.15, -0.1) is 0 Å². The predicted molar refractivity (Wildman–Crippen MR) is 102 cm³/mol. The van der Waals surface area contributed by atoms with Crippen molar-refractivity contribution in [1.82, 2.24) is 15.3 Å². The van der Waals surface area contributed by atoms with Crippen molar-refractivity contribution in [3.8, 4) is 5.88 Å². The molecule has 2 amide bonds. The SMILES string of the molecule is CC(NC(=O)c1cnc(OCC(F)(F)F)c(Cl)c1)c1ccnc(NC(=O)C2CC2)c1. The Hall–Kier alpha value is -2.88. The molecule has 2 heterocycles. The number of rotatable bonds is 7. The molecule has 0 radical (unpaired) electrons. The number of nitrogens with one attached hydrogen (secondary N) is 2. The molecule has 1 unspecified atom stereocenters. The molecule has 3 rings (SSSR count). The Balaban J connectivity index is 1.62. The summed E-state index contributed by atoms with van der Waals surface area (Å²) in [7, 11) is 0. The fourth-order valence-electron chi connectivity index (χ4n) is 2.53. The molecule has 2 aromatic heterocycles. The lowest BCUT2D eigenvalue weighted by atomic mass is 10.1. The van der Waals surface area contributed by atoms with E-state index < -0.39 is 30.6 Å². The van der Waals surface area contributed by atoms with E-state index in [-0.39, 0.29) is 22.4 Å². The Morgan fingerprint density at radius 1 is 1.30 bits per heavy atom. The number of alkyl halides is 3. The van der Waals surface area contributed by atoms with Crippen LogP contribution in [0.2, 0.25) is 5.02 Å². The van der Waals surface area contributed by atoms with Crippen molar-refractivity contribution < 1.29 is 27.5 Å². The molecule has 0 aliphatic heterocycles. The second-order valence-electron chi connectivity index (χ2n) is 6.85. The number of carbonyl (C=O) groups is 2. The van der Waals surface area contributed by atoms with Crippen LogP contribution in [0, 0.1) is 5.92 Å². The average molecular weight is 443 g/mol.